The Balaban J connectivity index is 2.44. The van der Waals surface area contributed by atoms with E-state index in [1.165, 1.54) is 0 Å². The molecule has 0 radical (unpaired) electrons. The number of aromatic nitrogens is 2. The van der Waals surface area contributed by atoms with Crippen LogP contribution in [0.3, 0.4) is 0 Å². The number of carbonyl (C=O) groups excluding carboxylic acids is 1. The molecule has 0 aliphatic carbocycles. The van der Waals surface area contributed by atoms with Crippen LogP contribution < -0.4 is 5.32 Å². The molecule has 0 atom stereocenters. The summed E-state index contributed by atoms with van der Waals surface area (Å²) in [5.74, 6) is -0.186. The third-order valence-electron chi connectivity index (χ3n) is 3.55. The Morgan fingerprint density at radius 1 is 1.35 bits per heavy atom. The summed E-state index contributed by atoms with van der Waals surface area (Å²) in [4.78, 5) is 27.2. The van der Waals surface area contributed by atoms with E-state index in [2.05, 4.69) is 15.5 Å². The van der Waals surface area contributed by atoms with Crippen LogP contribution in [0.25, 0.3) is 0 Å². The second-order valence-corrected chi connectivity index (χ2v) is 4.80. The van der Waals surface area contributed by atoms with E-state index in [9.17, 15) is 14.7 Å². The van der Waals surface area contributed by atoms with Crippen LogP contribution in [0, 0.1) is 12.3 Å². The Labute approximate surface area is 117 Å². The molecule has 0 aliphatic heterocycles. The van der Waals surface area contributed by atoms with E-state index in [1.807, 2.05) is 0 Å². The molecule has 1 rings (SSSR count). The van der Waals surface area contributed by atoms with Crippen LogP contribution in [-0.2, 0) is 16.0 Å². The maximum atomic E-state index is 11.8. The molecule has 0 bridgehead atoms. The normalized spacial score (nSPS) is 11.3. The van der Waals surface area contributed by atoms with Crippen molar-refractivity contribution in [2.24, 2.45) is 5.41 Å². The minimum Gasteiger partial charge on any atom is -0.481 e. The number of carboxylic acids is 1. The molecule has 1 aromatic rings. The number of nitrogens with zero attached hydrogens (tertiary/aromatic N) is 2. The zero-order valence-corrected chi connectivity index (χ0v) is 12.1. The molecule has 0 saturated heterocycles. The highest BCUT2D eigenvalue weighted by atomic mass is 16.5. The van der Waals surface area contributed by atoms with Crippen LogP contribution in [-0.4, -0.2) is 33.7 Å². The van der Waals surface area contributed by atoms with Gasteiger partial charge in [-0.25, -0.2) is 0 Å². The summed E-state index contributed by atoms with van der Waals surface area (Å²) in [7, 11) is 0. The lowest BCUT2D eigenvalue weighted by molar-refractivity contribution is -0.152. The fourth-order valence-corrected chi connectivity index (χ4v) is 2.00. The van der Waals surface area contributed by atoms with Gasteiger partial charge in [0.05, 0.1) is 5.41 Å². The Morgan fingerprint density at radius 3 is 2.45 bits per heavy atom. The van der Waals surface area contributed by atoms with E-state index in [4.69, 9.17) is 4.52 Å². The molecular formula is C13H21N3O4. The summed E-state index contributed by atoms with van der Waals surface area (Å²) >= 11 is 0. The number of nitrogens with one attached hydrogen (secondary N) is 1. The molecule has 0 fully saturated rings. The average Bonchev–Trinajstić information content (AvgIpc) is 2.81. The van der Waals surface area contributed by atoms with E-state index in [0.717, 1.165) is 0 Å². The van der Waals surface area contributed by atoms with E-state index in [-0.39, 0.29) is 12.3 Å². The van der Waals surface area contributed by atoms with Gasteiger partial charge in [-0.15, -0.1) is 0 Å². The summed E-state index contributed by atoms with van der Waals surface area (Å²) in [6.07, 6.45) is 1.30. The van der Waals surface area contributed by atoms with Gasteiger partial charge in [0.25, 0.3) is 0 Å². The highest BCUT2D eigenvalue weighted by molar-refractivity contribution is 5.84. The number of aliphatic carboxylic acids is 1. The molecular weight excluding hydrogens is 262 g/mol. The molecule has 1 aromatic heterocycles. The molecule has 2 N–H and O–H groups in total. The second kappa shape index (κ2) is 7.02. The van der Waals surface area contributed by atoms with Crippen molar-refractivity contribution >= 4 is 11.9 Å². The van der Waals surface area contributed by atoms with Crippen LogP contribution >= 0.6 is 0 Å². The molecule has 0 spiro atoms. The third kappa shape index (κ3) is 4.04. The highest BCUT2D eigenvalue weighted by Gasteiger charge is 2.36. The summed E-state index contributed by atoms with van der Waals surface area (Å²) in [5.41, 5.74) is -0.979. The molecule has 0 unspecified atom stereocenters. The lowest BCUT2D eigenvalue weighted by atomic mass is 9.79. The van der Waals surface area contributed by atoms with Crippen molar-refractivity contribution in [1.82, 2.24) is 15.5 Å². The lowest BCUT2D eigenvalue weighted by Gasteiger charge is -2.25. The van der Waals surface area contributed by atoms with Gasteiger partial charge < -0.3 is 14.9 Å². The monoisotopic (exact) mass is 283 g/mol. The zero-order valence-electron chi connectivity index (χ0n) is 12.1. The first-order valence-corrected chi connectivity index (χ1v) is 6.72. The van der Waals surface area contributed by atoms with Gasteiger partial charge in [-0.05, 0) is 12.8 Å². The van der Waals surface area contributed by atoms with Crippen LogP contribution in [0.1, 0.15) is 44.8 Å². The summed E-state index contributed by atoms with van der Waals surface area (Å²) in [6, 6.07) is 0. The van der Waals surface area contributed by atoms with Crippen molar-refractivity contribution < 1.29 is 19.2 Å². The van der Waals surface area contributed by atoms with Crippen LogP contribution in [0.2, 0.25) is 0 Å². The van der Waals surface area contributed by atoms with Gasteiger partial charge in [0.15, 0.2) is 5.82 Å². The van der Waals surface area contributed by atoms with Crippen molar-refractivity contribution in [2.75, 3.05) is 6.54 Å². The molecule has 1 heterocycles. The number of hydrogen-bond donors (Lipinski definition) is 2. The fourth-order valence-electron chi connectivity index (χ4n) is 2.00. The first kappa shape index (κ1) is 16.1. The highest BCUT2D eigenvalue weighted by Crippen LogP contribution is 2.30. The van der Waals surface area contributed by atoms with Gasteiger partial charge in [0, 0.05) is 26.3 Å². The van der Waals surface area contributed by atoms with E-state index < -0.39 is 11.4 Å². The van der Waals surface area contributed by atoms with Crippen LogP contribution in [0.15, 0.2) is 4.52 Å². The topological polar surface area (TPSA) is 105 Å². The quantitative estimate of drug-likeness (QED) is 0.745. The maximum Gasteiger partial charge on any atom is 0.310 e. The lowest BCUT2D eigenvalue weighted by Crippen LogP contribution is -2.37. The fraction of sp³-hybridized carbons (Fsp3) is 0.692. The molecule has 7 heteroatoms. The van der Waals surface area contributed by atoms with E-state index >= 15 is 0 Å². The average molecular weight is 283 g/mol. The molecule has 0 aliphatic rings. The van der Waals surface area contributed by atoms with Crippen molar-refractivity contribution in [3.05, 3.63) is 11.7 Å². The van der Waals surface area contributed by atoms with Gasteiger partial charge in [-0.2, -0.15) is 4.98 Å². The Bertz CT molecular complexity index is 466. The number of carboxylic acid groups (broad SMARTS) is 1. The minimum atomic E-state index is -0.979. The number of carbonyl (C=O) groups is 2. The van der Waals surface area contributed by atoms with Crippen LogP contribution in [0.4, 0.5) is 0 Å². The maximum absolute atomic E-state index is 11.8. The first-order chi connectivity index (χ1) is 9.43. The molecule has 20 heavy (non-hydrogen) atoms. The second-order valence-electron chi connectivity index (χ2n) is 4.80. The predicted octanol–water partition coefficient (Wildman–Crippen LogP) is 1.32. The minimum absolute atomic E-state index is 0.0133. The van der Waals surface area contributed by atoms with E-state index in [0.29, 0.717) is 37.5 Å². The molecule has 0 saturated carbocycles. The largest absolute Gasteiger partial charge is 0.481 e. The summed E-state index contributed by atoms with van der Waals surface area (Å²) in [6.45, 7) is 5.62. The first-order valence-electron chi connectivity index (χ1n) is 6.72. The van der Waals surface area contributed by atoms with Gasteiger partial charge in [-0.1, -0.05) is 19.0 Å². The third-order valence-corrected chi connectivity index (χ3v) is 3.55. The number of rotatable bonds is 8. The van der Waals surface area contributed by atoms with Crippen molar-refractivity contribution in [1.29, 1.82) is 0 Å². The van der Waals surface area contributed by atoms with Crippen molar-refractivity contribution in [3.8, 4) is 0 Å². The van der Waals surface area contributed by atoms with Gasteiger partial charge in [0.1, 0.15) is 0 Å². The summed E-state index contributed by atoms with van der Waals surface area (Å²) < 4.78 is 4.82. The van der Waals surface area contributed by atoms with Gasteiger partial charge in [-0.3, -0.25) is 9.59 Å². The Morgan fingerprint density at radius 2 is 2.00 bits per heavy atom. The Kier molecular flexibility index (Phi) is 5.66. The zero-order chi connectivity index (χ0) is 15.2. The SMILES string of the molecule is CCC(CC)(CC(=O)NCCc1noc(C)n1)C(=O)O. The standard InChI is InChI=1S/C13H21N3O4/c1-4-13(5-2,12(18)19)8-11(17)14-7-6-10-15-9(3)20-16-10/h4-8H2,1-3H3,(H,14,17)(H,18,19). The van der Waals surface area contributed by atoms with Gasteiger partial charge >= 0.3 is 5.97 Å². The van der Waals surface area contributed by atoms with Crippen LogP contribution in [0.5, 0.6) is 0 Å². The van der Waals surface area contributed by atoms with Gasteiger partial charge in [0.2, 0.25) is 11.8 Å². The smallest absolute Gasteiger partial charge is 0.310 e. The van der Waals surface area contributed by atoms with Crippen molar-refractivity contribution in [3.63, 3.8) is 0 Å². The Hall–Kier alpha value is -1.92. The molecule has 7 nitrogen and oxygen atoms in total. The van der Waals surface area contributed by atoms with E-state index in [1.54, 1.807) is 20.8 Å². The molecule has 0 aromatic carbocycles. The number of amides is 1. The number of hydrogen-bond acceptors (Lipinski definition) is 5. The molecule has 1 amide bonds. The number of aryl methyl sites for hydroxylation is 1. The summed E-state index contributed by atoms with van der Waals surface area (Å²) in [5, 5.41) is 15.7. The van der Waals surface area contributed by atoms with Crippen molar-refractivity contribution in [2.45, 2.75) is 46.5 Å². The predicted molar refractivity (Wildman–Crippen MR) is 71.0 cm³/mol. The molecule has 112 valence electrons.